The van der Waals surface area contributed by atoms with Gasteiger partial charge in [0.25, 0.3) is 5.91 Å². The normalized spacial score (nSPS) is 17.6. The number of rotatable bonds is 4. The van der Waals surface area contributed by atoms with Crippen LogP contribution in [-0.4, -0.2) is 28.5 Å². The molecule has 1 atom stereocenters. The van der Waals surface area contributed by atoms with Crippen molar-refractivity contribution < 1.29 is 9.18 Å². The molecule has 1 saturated heterocycles. The van der Waals surface area contributed by atoms with Crippen molar-refractivity contribution in [1.82, 2.24) is 9.97 Å². The van der Waals surface area contributed by atoms with Crippen LogP contribution in [0.25, 0.3) is 0 Å². The highest BCUT2D eigenvalue weighted by atomic mass is 19.1. The number of hydrogen-bond acceptors (Lipinski definition) is 4. The summed E-state index contributed by atoms with van der Waals surface area (Å²) in [5.74, 6) is -0.334. The molecule has 0 saturated carbocycles. The van der Waals surface area contributed by atoms with Crippen LogP contribution < -0.4 is 10.2 Å². The summed E-state index contributed by atoms with van der Waals surface area (Å²) < 4.78 is 13.7. The average molecular weight is 328 g/mol. The number of para-hydroxylation sites is 1. The van der Waals surface area contributed by atoms with Gasteiger partial charge in [0.2, 0.25) is 5.95 Å². The Morgan fingerprint density at radius 3 is 2.96 bits per heavy atom. The molecule has 0 bridgehead atoms. The number of nitrogens with zero attached hydrogens (tertiary/aromatic N) is 3. The number of carbonyl (C=O) groups excluding carboxylic acids is 1. The van der Waals surface area contributed by atoms with Crippen molar-refractivity contribution in [1.29, 1.82) is 0 Å². The van der Waals surface area contributed by atoms with Crippen LogP contribution >= 0.6 is 0 Å². The highest BCUT2D eigenvalue weighted by Gasteiger charge is 2.23. The zero-order chi connectivity index (χ0) is 16.9. The van der Waals surface area contributed by atoms with E-state index < -0.39 is 11.7 Å². The van der Waals surface area contributed by atoms with Crippen LogP contribution in [0.5, 0.6) is 0 Å². The Hall–Kier alpha value is -2.50. The molecule has 2 heterocycles. The summed E-state index contributed by atoms with van der Waals surface area (Å²) in [6.07, 6.45) is 6.04. The van der Waals surface area contributed by atoms with Gasteiger partial charge in [0, 0.05) is 18.8 Å². The van der Waals surface area contributed by atoms with Crippen molar-refractivity contribution in [3.8, 4) is 0 Å². The van der Waals surface area contributed by atoms with E-state index in [1.54, 1.807) is 24.4 Å². The van der Waals surface area contributed by atoms with Crippen molar-refractivity contribution >= 4 is 17.5 Å². The molecule has 1 unspecified atom stereocenters. The molecule has 0 spiro atoms. The van der Waals surface area contributed by atoms with E-state index in [1.165, 1.54) is 18.6 Å². The molecule has 1 aliphatic rings. The summed E-state index contributed by atoms with van der Waals surface area (Å²) >= 11 is 0. The van der Waals surface area contributed by atoms with Crippen molar-refractivity contribution in [2.45, 2.75) is 38.6 Å². The van der Waals surface area contributed by atoms with Gasteiger partial charge in [-0.25, -0.2) is 14.4 Å². The third kappa shape index (κ3) is 3.53. The first kappa shape index (κ1) is 16.4. The number of nitrogens with one attached hydrogen (secondary N) is 1. The number of piperidine rings is 1. The number of halogens is 1. The predicted octanol–water partition coefficient (Wildman–Crippen LogP) is 3.64. The molecule has 1 N–H and O–H groups in total. The van der Waals surface area contributed by atoms with E-state index in [-0.39, 0.29) is 11.4 Å². The van der Waals surface area contributed by atoms with Crippen LogP contribution in [0.15, 0.2) is 36.5 Å². The summed E-state index contributed by atoms with van der Waals surface area (Å²) in [5, 5.41) is 2.56. The van der Waals surface area contributed by atoms with Crippen LogP contribution in [0, 0.1) is 5.82 Å². The van der Waals surface area contributed by atoms with Crippen LogP contribution in [0.2, 0.25) is 0 Å². The number of carbonyl (C=O) groups is 1. The average Bonchev–Trinajstić information content (AvgIpc) is 2.63. The zero-order valence-corrected chi connectivity index (χ0v) is 13.7. The summed E-state index contributed by atoms with van der Waals surface area (Å²) in [5.41, 5.74) is 0.385. The van der Waals surface area contributed by atoms with E-state index in [1.807, 2.05) is 0 Å². The molecule has 1 fully saturated rings. The second kappa shape index (κ2) is 7.38. The Kier molecular flexibility index (Phi) is 5.03. The first-order valence-electron chi connectivity index (χ1n) is 8.34. The van der Waals surface area contributed by atoms with Gasteiger partial charge in [-0.15, -0.1) is 0 Å². The fourth-order valence-corrected chi connectivity index (χ4v) is 3.05. The summed E-state index contributed by atoms with van der Waals surface area (Å²) in [6.45, 7) is 3.05. The molecule has 5 nitrogen and oxygen atoms in total. The smallest absolute Gasteiger partial charge is 0.274 e. The van der Waals surface area contributed by atoms with Gasteiger partial charge in [0.1, 0.15) is 11.5 Å². The van der Waals surface area contributed by atoms with Crippen LogP contribution in [-0.2, 0) is 0 Å². The molecule has 2 aromatic rings. The number of amides is 1. The second-order valence-corrected chi connectivity index (χ2v) is 5.93. The predicted molar refractivity (Wildman–Crippen MR) is 91.7 cm³/mol. The first-order valence-corrected chi connectivity index (χ1v) is 8.34. The molecule has 1 amide bonds. The van der Waals surface area contributed by atoms with E-state index in [0.29, 0.717) is 12.0 Å². The molecule has 3 rings (SSSR count). The fraction of sp³-hybridized carbons (Fsp3) is 0.389. The lowest BCUT2D eigenvalue weighted by molar-refractivity contribution is 0.102. The maximum absolute atomic E-state index is 13.7. The molecular weight excluding hydrogens is 307 g/mol. The van der Waals surface area contributed by atoms with Gasteiger partial charge in [-0.3, -0.25) is 4.79 Å². The fourth-order valence-electron chi connectivity index (χ4n) is 3.05. The highest BCUT2D eigenvalue weighted by Crippen LogP contribution is 2.23. The first-order chi connectivity index (χ1) is 11.7. The Balaban J connectivity index is 1.79. The number of anilines is 2. The van der Waals surface area contributed by atoms with Crippen LogP contribution in [0.4, 0.5) is 16.0 Å². The Labute approximate surface area is 140 Å². The zero-order valence-electron chi connectivity index (χ0n) is 13.7. The van der Waals surface area contributed by atoms with Gasteiger partial charge >= 0.3 is 0 Å². The van der Waals surface area contributed by atoms with Gasteiger partial charge in [-0.2, -0.15) is 0 Å². The molecule has 1 aliphatic heterocycles. The maximum atomic E-state index is 13.7. The topological polar surface area (TPSA) is 58.1 Å². The number of benzene rings is 1. The van der Waals surface area contributed by atoms with Crippen molar-refractivity contribution in [3.05, 3.63) is 48.0 Å². The summed E-state index contributed by atoms with van der Waals surface area (Å²) in [6, 6.07) is 8.03. The van der Waals surface area contributed by atoms with Crippen molar-refractivity contribution in [2.75, 3.05) is 16.8 Å². The Morgan fingerprint density at radius 2 is 2.17 bits per heavy atom. The Morgan fingerprint density at radius 1 is 1.33 bits per heavy atom. The van der Waals surface area contributed by atoms with E-state index >= 15 is 0 Å². The third-order valence-corrected chi connectivity index (χ3v) is 4.35. The molecule has 24 heavy (non-hydrogen) atoms. The molecule has 1 aromatic carbocycles. The van der Waals surface area contributed by atoms with E-state index in [9.17, 15) is 9.18 Å². The van der Waals surface area contributed by atoms with E-state index in [0.717, 1.165) is 25.8 Å². The second-order valence-electron chi connectivity index (χ2n) is 5.93. The van der Waals surface area contributed by atoms with Crippen molar-refractivity contribution in [2.24, 2.45) is 0 Å². The lowest BCUT2D eigenvalue weighted by Gasteiger charge is -2.35. The molecule has 126 valence electrons. The maximum Gasteiger partial charge on any atom is 0.274 e. The van der Waals surface area contributed by atoms with Crippen LogP contribution in [0.3, 0.4) is 0 Å². The standard InChI is InChI=1S/C18H21FN4O/c1-2-13-7-5-6-12-23(13)18-20-11-10-16(22-18)17(24)21-15-9-4-3-8-14(15)19/h3-4,8-11,13H,2,5-7,12H2,1H3,(H,21,24). The van der Waals surface area contributed by atoms with Gasteiger partial charge in [-0.05, 0) is 43.9 Å². The highest BCUT2D eigenvalue weighted by molar-refractivity contribution is 6.03. The number of aromatic nitrogens is 2. The molecule has 0 radical (unpaired) electrons. The molecule has 0 aliphatic carbocycles. The number of hydrogen-bond donors (Lipinski definition) is 1. The lowest BCUT2D eigenvalue weighted by Crippen LogP contribution is -2.40. The van der Waals surface area contributed by atoms with E-state index in [2.05, 4.69) is 27.1 Å². The minimum absolute atomic E-state index is 0.145. The molecular formula is C18H21FN4O. The minimum Gasteiger partial charge on any atom is -0.338 e. The van der Waals surface area contributed by atoms with Gasteiger partial charge in [0.05, 0.1) is 5.69 Å². The SMILES string of the molecule is CCC1CCCCN1c1nccc(C(=O)Nc2ccccc2F)n1. The molecule has 1 aromatic heterocycles. The van der Waals surface area contributed by atoms with Crippen LogP contribution in [0.1, 0.15) is 43.1 Å². The monoisotopic (exact) mass is 328 g/mol. The molecule has 6 heteroatoms. The lowest BCUT2D eigenvalue weighted by atomic mass is 10.0. The minimum atomic E-state index is -0.470. The Bertz CT molecular complexity index is 722. The third-order valence-electron chi connectivity index (χ3n) is 4.35. The van der Waals surface area contributed by atoms with Crippen molar-refractivity contribution in [3.63, 3.8) is 0 Å². The van der Waals surface area contributed by atoms with Gasteiger partial charge < -0.3 is 10.2 Å². The van der Waals surface area contributed by atoms with Gasteiger partial charge in [-0.1, -0.05) is 19.1 Å². The summed E-state index contributed by atoms with van der Waals surface area (Å²) in [4.78, 5) is 23.3. The summed E-state index contributed by atoms with van der Waals surface area (Å²) in [7, 11) is 0. The van der Waals surface area contributed by atoms with E-state index in [4.69, 9.17) is 0 Å². The quantitative estimate of drug-likeness (QED) is 0.931. The largest absolute Gasteiger partial charge is 0.338 e. The van der Waals surface area contributed by atoms with Gasteiger partial charge in [0.15, 0.2) is 0 Å².